The molecule has 0 radical (unpaired) electrons. The van der Waals surface area contributed by atoms with Gasteiger partial charge < -0.3 is 19.7 Å². The lowest BCUT2D eigenvalue weighted by atomic mass is 9.98. The van der Waals surface area contributed by atoms with Gasteiger partial charge in [-0.15, -0.1) is 0 Å². The van der Waals surface area contributed by atoms with E-state index < -0.39 is 5.60 Å². The average Bonchev–Trinajstić information content (AvgIpc) is 2.81. The molecule has 0 spiro atoms. The molecule has 2 aromatic rings. The van der Waals surface area contributed by atoms with Crippen molar-refractivity contribution in [3.05, 3.63) is 40.9 Å². The molecule has 2 aliphatic rings. The summed E-state index contributed by atoms with van der Waals surface area (Å²) in [7, 11) is 1.54. The molecule has 0 saturated carbocycles. The number of amides is 2. The summed E-state index contributed by atoms with van der Waals surface area (Å²) >= 11 is 6.43. The molecule has 2 amide bonds. The first-order chi connectivity index (χ1) is 16.1. The lowest BCUT2D eigenvalue weighted by molar-refractivity contribution is -0.0759. The van der Waals surface area contributed by atoms with Crippen LogP contribution in [0, 0.1) is 0 Å². The minimum absolute atomic E-state index is 0.0364. The molecule has 34 heavy (non-hydrogen) atoms. The summed E-state index contributed by atoms with van der Waals surface area (Å²) in [5, 5.41) is 2.85. The van der Waals surface area contributed by atoms with Crippen molar-refractivity contribution >= 4 is 23.6 Å². The lowest BCUT2D eigenvalue weighted by Gasteiger charge is -2.48. The van der Waals surface area contributed by atoms with Gasteiger partial charge in [0.05, 0.1) is 36.7 Å². The van der Waals surface area contributed by atoms with Crippen LogP contribution in [0.2, 0.25) is 5.15 Å². The quantitative estimate of drug-likeness (QED) is 0.656. The van der Waals surface area contributed by atoms with Gasteiger partial charge in [0.2, 0.25) is 0 Å². The van der Waals surface area contributed by atoms with Crippen molar-refractivity contribution in [2.75, 3.05) is 39.9 Å². The van der Waals surface area contributed by atoms with Crippen LogP contribution in [0.5, 0.6) is 0 Å². The Hall–Kier alpha value is -2.82. The molecule has 2 atom stereocenters. The minimum atomic E-state index is -0.588. The van der Waals surface area contributed by atoms with E-state index in [9.17, 15) is 9.59 Å². The molecular formula is C23H29ClN6O4. The Labute approximate surface area is 203 Å². The number of morpholine rings is 1. The first kappa shape index (κ1) is 24.3. The van der Waals surface area contributed by atoms with E-state index in [0.717, 1.165) is 12.1 Å². The molecule has 2 aromatic heterocycles. The Morgan fingerprint density at radius 1 is 1.18 bits per heavy atom. The van der Waals surface area contributed by atoms with E-state index in [-0.39, 0.29) is 29.8 Å². The van der Waals surface area contributed by atoms with Gasteiger partial charge in [-0.05, 0) is 44.5 Å². The number of fused-ring (bicyclic) bond motifs is 1. The molecule has 0 unspecified atom stereocenters. The fourth-order valence-electron chi connectivity index (χ4n) is 4.24. The molecule has 0 aromatic carbocycles. The SMILES string of the molecule is CNC(=O)c1cc(-c2cc([C@@H]3CN(C(=O)OC(C)(C)C)C[C@@H]4COCCN43)cc(Cl)n2)ncn1. The topological polar surface area (TPSA) is 110 Å². The number of halogens is 1. The predicted molar refractivity (Wildman–Crippen MR) is 126 cm³/mol. The van der Waals surface area contributed by atoms with Gasteiger partial charge in [-0.2, -0.15) is 0 Å². The van der Waals surface area contributed by atoms with Crippen LogP contribution in [0.25, 0.3) is 11.4 Å². The summed E-state index contributed by atoms with van der Waals surface area (Å²) in [6, 6.07) is 5.19. The second kappa shape index (κ2) is 9.81. The molecule has 0 aliphatic carbocycles. The zero-order chi connectivity index (χ0) is 24.5. The van der Waals surface area contributed by atoms with Crippen molar-refractivity contribution in [3.8, 4) is 11.4 Å². The number of hydrogen-bond acceptors (Lipinski definition) is 8. The van der Waals surface area contributed by atoms with Crippen molar-refractivity contribution in [1.29, 1.82) is 0 Å². The first-order valence-corrected chi connectivity index (χ1v) is 11.6. The number of carbonyl (C=O) groups is 2. The van der Waals surface area contributed by atoms with Gasteiger partial charge in [0.1, 0.15) is 22.8 Å². The van der Waals surface area contributed by atoms with Crippen LogP contribution in [0.4, 0.5) is 4.79 Å². The predicted octanol–water partition coefficient (Wildman–Crippen LogP) is 2.54. The molecular weight excluding hydrogens is 460 g/mol. The van der Waals surface area contributed by atoms with Gasteiger partial charge in [-0.25, -0.2) is 19.7 Å². The summed E-state index contributed by atoms with van der Waals surface area (Å²) < 4.78 is 11.3. The van der Waals surface area contributed by atoms with Crippen molar-refractivity contribution in [1.82, 2.24) is 30.1 Å². The van der Waals surface area contributed by atoms with E-state index in [1.54, 1.807) is 11.0 Å². The third-order valence-electron chi connectivity index (χ3n) is 5.74. The second-order valence-corrected chi connectivity index (χ2v) is 9.73. The number of ether oxygens (including phenoxy) is 2. The number of aromatic nitrogens is 3. The summed E-state index contributed by atoms with van der Waals surface area (Å²) in [6.07, 6.45) is 0.972. The van der Waals surface area contributed by atoms with E-state index in [2.05, 4.69) is 25.2 Å². The maximum atomic E-state index is 12.9. The number of piperazine rings is 1. The van der Waals surface area contributed by atoms with Crippen LogP contribution < -0.4 is 5.32 Å². The van der Waals surface area contributed by atoms with Crippen LogP contribution in [-0.2, 0) is 9.47 Å². The fourth-order valence-corrected chi connectivity index (χ4v) is 4.46. The van der Waals surface area contributed by atoms with Crippen LogP contribution >= 0.6 is 11.6 Å². The third kappa shape index (κ3) is 5.45. The first-order valence-electron chi connectivity index (χ1n) is 11.2. The highest BCUT2D eigenvalue weighted by Gasteiger charge is 2.40. The maximum Gasteiger partial charge on any atom is 0.410 e. The Kier molecular flexibility index (Phi) is 7.01. The zero-order valence-corrected chi connectivity index (χ0v) is 20.5. The van der Waals surface area contributed by atoms with E-state index in [0.29, 0.717) is 42.8 Å². The van der Waals surface area contributed by atoms with E-state index in [1.165, 1.54) is 13.4 Å². The van der Waals surface area contributed by atoms with E-state index in [4.69, 9.17) is 21.1 Å². The fraction of sp³-hybridized carbons (Fsp3) is 0.522. The Morgan fingerprint density at radius 3 is 2.71 bits per heavy atom. The number of nitrogens with one attached hydrogen (secondary N) is 1. The van der Waals surface area contributed by atoms with E-state index in [1.807, 2.05) is 32.9 Å². The zero-order valence-electron chi connectivity index (χ0n) is 19.7. The lowest BCUT2D eigenvalue weighted by Crippen LogP contribution is -2.60. The number of pyridine rings is 1. The highest BCUT2D eigenvalue weighted by atomic mass is 35.5. The van der Waals surface area contributed by atoms with Crippen LogP contribution in [0.1, 0.15) is 42.9 Å². The van der Waals surface area contributed by atoms with Gasteiger partial charge >= 0.3 is 6.09 Å². The molecule has 182 valence electrons. The molecule has 2 aliphatic heterocycles. The molecule has 4 heterocycles. The summed E-state index contributed by atoms with van der Waals surface area (Å²) in [4.78, 5) is 41.7. The second-order valence-electron chi connectivity index (χ2n) is 9.34. The van der Waals surface area contributed by atoms with Gasteiger partial charge in [0.15, 0.2) is 0 Å². The van der Waals surface area contributed by atoms with E-state index >= 15 is 0 Å². The Morgan fingerprint density at radius 2 is 1.97 bits per heavy atom. The van der Waals surface area contributed by atoms with Crippen molar-refractivity contribution < 1.29 is 19.1 Å². The number of rotatable bonds is 3. The number of nitrogens with zero attached hydrogens (tertiary/aromatic N) is 5. The monoisotopic (exact) mass is 488 g/mol. The molecule has 0 bridgehead atoms. The van der Waals surface area contributed by atoms with Crippen LogP contribution in [0.3, 0.4) is 0 Å². The number of hydrogen-bond donors (Lipinski definition) is 1. The summed E-state index contributed by atoms with van der Waals surface area (Å²) in [5.41, 5.74) is 1.55. The Balaban J connectivity index is 1.68. The third-order valence-corrected chi connectivity index (χ3v) is 5.93. The highest BCUT2D eigenvalue weighted by Crippen LogP contribution is 2.33. The summed E-state index contributed by atoms with van der Waals surface area (Å²) in [5.74, 6) is -0.317. The normalized spacial score (nSPS) is 21.0. The average molecular weight is 489 g/mol. The highest BCUT2D eigenvalue weighted by molar-refractivity contribution is 6.29. The maximum absolute atomic E-state index is 12.9. The van der Waals surface area contributed by atoms with Crippen molar-refractivity contribution in [2.45, 2.75) is 38.5 Å². The van der Waals surface area contributed by atoms with Gasteiger partial charge in [0.25, 0.3) is 5.91 Å². The van der Waals surface area contributed by atoms with Gasteiger partial charge in [-0.3, -0.25) is 9.69 Å². The van der Waals surface area contributed by atoms with Gasteiger partial charge in [-0.1, -0.05) is 11.6 Å². The van der Waals surface area contributed by atoms with Crippen molar-refractivity contribution in [3.63, 3.8) is 0 Å². The molecule has 4 rings (SSSR count). The summed E-state index contributed by atoms with van der Waals surface area (Å²) in [6.45, 7) is 8.41. The van der Waals surface area contributed by atoms with Crippen molar-refractivity contribution in [2.24, 2.45) is 0 Å². The molecule has 1 N–H and O–H groups in total. The largest absolute Gasteiger partial charge is 0.444 e. The Bertz CT molecular complexity index is 1080. The molecule has 10 nitrogen and oxygen atoms in total. The smallest absolute Gasteiger partial charge is 0.410 e. The molecule has 2 fully saturated rings. The standard InChI is InChI=1S/C23H29ClN6O4/c1-23(2,3)34-22(32)29-10-15-12-33-6-5-30(15)19(11-29)14-7-17(28-20(24)8-14)16-9-18(21(31)25-4)27-13-26-16/h7-9,13,15,19H,5-6,10-12H2,1-4H3,(H,25,31)/t15-,19+/m1/s1. The number of carbonyl (C=O) groups excluding carboxylic acids is 2. The van der Waals surface area contributed by atoms with Gasteiger partial charge in [0, 0.05) is 26.7 Å². The van der Waals surface area contributed by atoms with Crippen LogP contribution in [-0.4, -0.2) is 88.3 Å². The van der Waals surface area contributed by atoms with Crippen LogP contribution in [0.15, 0.2) is 24.5 Å². The molecule has 2 saturated heterocycles. The molecule has 11 heteroatoms. The minimum Gasteiger partial charge on any atom is -0.444 e.